The third-order valence-electron chi connectivity index (χ3n) is 4.34. The van der Waals surface area contributed by atoms with Gasteiger partial charge >= 0.3 is 0 Å². The third-order valence-corrected chi connectivity index (χ3v) is 5.17. The highest BCUT2D eigenvalue weighted by molar-refractivity contribution is 7.11. The number of aryl methyl sites for hydroxylation is 3. The molecule has 148 valence electrons. The number of rotatable bonds is 5. The summed E-state index contributed by atoms with van der Waals surface area (Å²) in [5.74, 6) is 0.933. The number of carbonyl (C=O) groups is 2. The van der Waals surface area contributed by atoms with Gasteiger partial charge in [0.2, 0.25) is 0 Å². The molecule has 0 aromatic carbocycles. The van der Waals surface area contributed by atoms with E-state index < -0.39 is 0 Å². The Hall–Kier alpha value is -2.33. The predicted octanol–water partition coefficient (Wildman–Crippen LogP) is 1.79. The molecule has 3 rings (SSSR count). The van der Waals surface area contributed by atoms with E-state index in [2.05, 4.69) is 25.6 Å². The van der Waals surface area contributed by atoms with E-state index in [9.17, 15) is 4.79 Å². The Morgan fingerprint density at radius 2 is 2.15 bits per heavy atom. The number of hydrogen-bond donors (Lipinski definition) is 2. The number of amides is 1. The molecule has 1 aliphatic heterocycles. The van der Waals surface area contributed by atoms with Crippen molar-refractivity contribution in [3.8, 4) is 0 Å². The summed E-state index contributed by atoms with van der Waals surface area (Å²) >= 11 is 1.65. The highest BCUT2D eigenvalue weighted by atomic mass is 32.1. The van der Waals surface area contributed by atoms with Gasteiger partial charge in [-0.15, -0.1) is 21.5 Å². The zero-order chi connectivity index (χ0) is 19.8. The Labute approximate surface area is 161 Å². The first-order valence-electron chi connectivity index (χ1n) is 8.74. The number of nitrogens with one attached hydrogen (secondary N) is 1. The molecular formula is C17H25N5O4S. The first-order valence-corrected chi connectivity index (χ1v) is 9.56. The lowest BCUT2D eigenvalue weighted by molar-refractivity contribution is -0.122. The summed E-state index contributed by atoms with van der Waals surface area (Å²) in [6.45, 7) is 8.85. The Morgan fingerprint density at radius 1 is 1.41 bits per heavy atom. The van der Waals surface area contributed by atoms with Gasteiger partial charge in [-0.2, -0.15) is 0 Å². The maximum Gasteiger partial charge on any atom is 0.290 e. The molecule has 0 aliphatic carbocycles. The van der Waals surface area contributed by atoms with E-state index in [0.29, 0.717) is 29.5 Å². The number of aromatic nitrogens is 3. The average Bonchev–Trinajstić information content (AvgIpc) is 3.19. The zero-order valence-electron chi connectivity index (χ0n) is 15.8. The van der Waals surface area contributed by atoms with E-state index >= 15 is 0 Å². The molecule has 9 nitrogen and oxygen atoms in total. The van der Waals surface area contributed by atoms with Crippen molar-refractivity contribution < 1.29 is 19.2 Å². The minimum Gasteiger partial charge on any atom is -0.483 e. The summed E-state index contributed by atoms with van der Waals surface area (Å²) in [5.41, 5.74) is 1.20. The predicted molar refractivity (Wildman–Crippen MR) is 99.7 cm³/mol. The fourth-order valence-corrected chi connectivity index (χ4v) is 3.94. The monoisotopic (exact) mass is 395 g/mol. The maximum atomic E-state index is 12.3. The van der Waals surface area contributed by atoms with Crippen LogP contribution in [0.15, 0.2) is 4.52 Å². The Morgan fingerprint density at radius 3 is 2.74 bits per heavy atom. The molecule has 0 bridgehead atoms. The van der Waals surface area contributed by atoms with Gasteiger partial charge < -0.3 is 14.9 Å². The van der Waals surface area contributed by atoms with Gasteiger partial charge in [0.25, 0.3) is 12.4 Å². The summed E-state index contributed by atoms with van der Waals surface area (Å²) in [6.07, 6.45) is 2.27. The number of piperidine rings is 1. The first-order chi connectivity index (χ1) is 12.9. The highest BCUT2D eigenvalue weighted by Gasteiger charge is 2.23. The molecule has 1 saturated heterocycles. The van der Waals surface area contributed by atoms with Crippen LogP contribution in [0, 0.1) is 26.7 Å². The summed E-state index contributed by atoms with van der Waals surface area (Å²) in [7, 11) is 0. The number of carboxylic acid groups (broad SMARTS) is 1. The van der Waals surface area contributed by atoms with E-state index in [1.165, 1.54) is 0 Å². The lowest BCUT2D eigenvalue weighted by Gasteiger charge is -2.32. The van der Waals surface area contributed by atoms with Crippen molar-refractivity contribution in [1.29, 1.82) is 0 Å². The smallest absolute Gasteiger partial charge is 0.290 e. The first kappa shape index (κ1) is 21.0. The van der Waals surface area contributed by atoms with Crippen molar-refractivity contribution in [3.63, 3.8) is 0 Å². The van der Waals surface area contributed by atoms with Gasteiger partial charge in [0, 0.05) is 13.1 Å². The number of likely N-dealkylation sites (tertiary alicyclic amines) is 1. The summed E-state index contributed by atoms with van der Waals surface area (Å²) < 4.78 is 5.06. The fourth-order valence-electron chi connectivity index (χ4n) is 3.19. The van der Waals surface area contributed by atoms with Crippen LogP contribution in [0.3, 0.4) is 0 Å². The topological polar surface area (TPSA) is 121 Å². The molecule has 10 heteroatoms. The van der Waals surface area contributed by atoms with Crippen LogP contribution in [-0.4, -0.2) is 57.4 Å². The highest BCUT2D eigenvalue weighted by Crippen LogP contribution is 2.20. The standard InChI is InChI=1S/C16H23N5O2S.CH2O2/c1-10-15(11(2)23-20-10)16(22)17-7-13-5-4-6-21(8-13)9-14-19-18-12(3)24-14;2-1-3/h13H,4-9H2,1-3H3,(H,17,22);1H,(H,2,3). The summed E-state index contributed by atoms with van der Waals surface area (Å²) in [6, 6.07) is 0. The molecule has 2 N–H and O–H groups in total. The zero-order valence-corrected chi connectivity index (χ0v) is 16.6. The second kappa shape index (κ2) is 10.1. The molecule has 1 aliphatic rings. The molecule has 0 radical (unpaired) electrons. The molecule has 1 amide bonds. The van der Waals surface area contributed by atoms with E-state index in [1.807, 2.05) is 6.92 Å². The Balaban J connectivity index is 0.000000817. The molecule has 1 fully saturated rings. The molecule has 3 heterocycles. The third kappa shape index (κ3) is 6.10. The molecule has 0 saturated carbocycles. The molecule has 2 aromatic rings. The van der Waals surface area contributed by atoms with E-state index in [1.54, 1.807) is 25.2 Å². The van der Waals surface area contributed by atoms with Crippen LogP contribution < -0.4 is 5.32 Å². The molecule has 0 spiro atoms. The number of hydrogen-bond acceptors (Lipinski definition) is 8. The fraction of sp³-hybridized carbons (Fsp3) is 0.588. The quantitative estimate of drug-likeness (QED) is 0.735. The van der Waals surface area contributed by atoms with Crippen LogP contribution in [0.1, 0.15) is 44.7 Å². The van der Waals surface area contributed by atoms with E-state index in [-0.39, 0.29) is 12.4 Å². The van der Waals surface area contributed by atoms with Crippen LogP contribution >= 0.6 is 11.3 Å². The largest absolute Gasteiger partial charge is 0.483 e. The van der Waals surface area contributed by atoms with Gasteiger partial charge in [-0.05, 0) is 46.1 Å². The second-order valence-corrected chi connectivity index (χ2v) is 7.74. The van der Waals surface area contributed by atoms with E-state index in [0.717, 1.165) is 42.5 Å². The van der Waals surface area contributed by atoms with Crippen molar-refractivity contribution in [2.45, 2.75) is 40.2 Å². The van der Waals surface area contributed by atoms with E-state index in [4.69, 9.17) is 14.4 Å². The molecule has 1 atom stereocenters. The lowest BCUT2D eigenvalue weighted by atomic mass is 9.98. The lowest BCUT2D eigenvalue weighted by Crippen LogP contribution is -2.40. The maximum absolute atomic E-state index is 12.3. The van der Waals surface area contributed by atoms with Crippen LogP contribution in [0.2, 0.25) is 0 Å². The SMILES string of the molecule is Cc1nnc(CN2CCCC(CNC(=O)c3c(C)noc3C)C2)s1.O=CO. The van der Waals surface area contributed by atoms with Crippen LogP contribution in [0.4, 0.5) is 0 Å². The summed E-state index contributed by atoms with van der Waals surface area (Å²) in [4.78, 5) is 23.1. The molecule has 1 unspecified atom stereocenters. The molecule has 27 heavy (non-hydrogen) atoms. The van der Waals surface area contributed by atoms with Gasteiger partial charge in [0.15, 0.2) is 0 Å². The van der Waals surface area contributed by atoms with Crippen LogP contribution in [-0.2, 0) is 11.3 Å². The normalized spacial score (nSPS) is 17.1. The van der Waals surface area contributed by atoms with Gasteiger partial charge in [0.05, 0.1) is 12.2 Å². The Kier molecular flexibility index (Phi) is 7.86. The molecule has 2 aromatic heterocycles. The van der Waals surface area contributed by atoms with Crippen LogP contribution in [0.25, 0.3) is 0 Å². The number of nitrogens with zero attached hydrogens (tertiary/aromatic N) is 4. The van der Waals surface area contributed by atoms with Gasteiger partial charge in [-0.1, -0.05) is 5.16 Å². The van der Waals surface area contributed by atoms with Crippen LogP contribution in [0.5, 0.6) is 0 Å². The van der Waals surface area contributed by atoms with Crippen molar-refractivity contribution in [2.24, 2.45) is 5.92 Å². The summed E-state index contributed by atoms with van der Waals surface area (Å²) in [5, 5.41) is 24.1. The van der Waals surface area contributed by atoms with Gasteiger partial charge in [0.1, 0.15) is 21.3 Å². The molecular weight excluding hydrogens is 370 g/mol. The van der Waals surface area contributed by atoms with Gasteiger partial charge in [-0.3, -0.25) is 14.5 Å². The minimum atomic E-state index is -0.250. The Bertz CT molecular complexity index is 741. The van der Waals surface area contributed by atoms with Crippen molar-refractivity contribution in [3.05, 3.63) is 27.0 Å². The number of carbonyl (C=O) groups excluding carboxylic acids is 1. The van der Waals surface area contributed by atoms with Crippen molar-refractivity contribution >= 4 is 23.7 Å². The van der Waals surface area contributed by atoms with Crippen molar-refractivity contribution in [2.75, 3.05) is 19.6 Å². The second-order valence-electron chi connectivity index (χ2n) is 6.47. The van der Waals surface area contributed by atoms with Crippen molar-refractivity contribution in [1.82, 2.24) is 25.6 Å². The van der Waals surface area contributed by atoms with Gasteiger partial charge in [-0.25, -0.2) is 0 Å². The minimum absolute atomic E-state index is 0.0943. The average molecular weight is 395 g/mol.